The largest absolute Gasteiger partial charge is 0.477 e. The van der Waals surface area contributed by atoms with E-state index in [2.05, 4.69) is 0 Å². The van der Waals surface area contributed by atoms with Gasteiger partial charge < -0.3 is 9.84 Å². The lowest BCUT2D eigenvalue weighted by atomic mass is 10.1. The third-order valence-corrected chi connectivity index (χ3v) is 2.73. The maximum Gasteiger partial charge on any atom is 0.342 e. The topological polar surface area (TPSA) is 89.7 Å². The van der Waals surface area contributed by atoms with Crippen LogP contribution in [-0.2, 0) is 0 Å². The number of halogens is 1. The number of carboxylic acid groups (broad SMARTS) is 1. The molecule has 7 heteroatoms. The molecule has 0 unspecified atom stereocenters. The molecule has 0 spiro atoms. The smallest absolute Gasteiger partial charge is 0.342 e. The molecule has 0 atom stereocenters. The minimum absolute atomic E-state index is 0.296. The minimum Gasteiger partial charge on any atom is -0.477 e. The fourth-order valence-electron chi connectivity index (χ4n) is 1.68. The molecule has 0 aliphatic rings. The van der Waals surface area contributed by atoms with Gasteiger partial charge in [-0.2, -0.15) is 0 Å². The van der Waals surface area contributed by atoms with E-state index in [4.69, 9.17) is 9.84 Å². The third-order valence-electron chi connectivity index (χ3n) is 2.73. The summed E-state index contributed by atoms with van der Waals surface area (Å²) in [6.07, 6.45) is 0. The highest BCUT2D eigenvalue weighted by Crippen LogP contribution is 2.31. The Morgan fingerprint density at radius 1 is 1.29 bits per heavy atom. The van der Waals surface area contributed by atoms with Crippen LogP contribution in [0.5, 0.6) is 11.5 Å². The van der Waals surface area contributed by atoms with Gasteiger partial charge in [0.1, 0.15) is 11.3 Å². The van der Waals surface area contributed by atoms with Gasteiger partial charge in [0, 0.05) is 6.07 Å². The monoisotopic (exact) mass is 291 g/mol. The fraction of sp³-hybridized carbons (Fsp3) is 0.0714. The Bertz CT molecular complexity index is 712. The Morgan fingerprint density at radius 2 is 1.90 bits per heavy atom. The molecule has 2 rings (SSSR count). The summed E-state index contributed by atoms with van der Waals surface area (Å²) >= 11 is 0. The first-order valence-corrected chi connectivity index (χ1v) is 5.84. The molecule has 0 aliphatic carbocycles. The second-order valence-corrected chi connectivity index (χ2v) is 4.28. The molecule has 0 saturated heterocycles. The molecule has 2 aromatic carbocycles. The van der Waals surface area contributed by atoms with Gasteiger partial charge in [-0.15, -0.1) is 0 Å². The highest BCUT2D eigenvalue weighted by atomic mass is 19.1. The molecular formula is C14H10FNO5. The van der Waals surface area contributed by atoms with Crippen molar-refractivity contribution in [3.05, 3.63) is 63.5 Å². The van der Waals surface area contributed by atoms with Gasteiger partial charge in [0.2, 0.25) is 0 Å². The van der Waals surface area contributed by atoms with Crippen LogP contribution in [0, 0.1) is 22.9 Å². The molecule has 21 heavy (non-hydrogen) atoms. The first-order chi connectivity index (χ1) is 9.88. The van der Waals surface area contributed by atoms with E-state index in [1.54, 1.807) is 24.3 Å². The number of carbonyl (C=O) groups is 1. The molecule has 0 radical (unpaired) electrons. The maximum absolute atomic E-state index is 13.8. The number of rotatable bonds is 4. The van der Waals surface area contributed by atoms with Crippen LogP contribution in [0.15, 0.2) is 36.4 Å². The van der Waals surface area contributed by atoms with E-state index >= 15 is 0 Å². The van der Waals surface area contributed by atoms with E-state index in [9.17, 15) is 19.3 Å². The van der Waals surface area contributed by atoms with Crippen LogP contribution >= 0.6 is 0 Å². The fourth-order valence-corrected chi connectivity index (χ4v) is 1.68. The number of carboxylic acids is 1. The summed E-state index contributed by atoms with van der Waals surface area (Å²) in [5.41, 5.74) is -0.488. The van der Waals surface area contributed by atoms with Crippen LogP contribution in [0.3, 0.4) is 0 Å². The van der Waals surface area contributed by atoms with E-state index < -0.39 is 28.0 Å². The van der Waals surface area contributed by atoms with Crippen LogP contribution in [0.25, 0.3) is 0 Å². The molecule has 0 bridgehead atoms. The van der Waals surface area contributed by atoms with Gasteiger partial charge in [0.15, 0.2) is 11.6 Å². The lowest BCUT2D eigenvalue weighted by Gasteiger charge is -2.08. The van der Waals surface area contributed by atoms with E-state index in [1.807, 2.05) is 6.92 Å². The SMILES string of the molecule is Cc1ccc(Oc2cc(C(=O)O)c([N+](=O)[O-])cc2F)cc1. The quantitative estimate of drug-likeness (QED) is 0.687. The first-order valence-electron chi connectivity index (χ1n) is 5.84. The van der Waals surface area contributed by atoms with Crippen molar-refractivity contribution in [1.29, 1.82) is 0 Å². The van der Waals surface area contributed by atoms with Crippen molar-refractivity contribution in [2.75, 3.05) is 0 Å². The van der Waals surface area contributed by atoms with Crippen molar-refractivity contribution in [3.63, 3.8) is 0 Å². The number of benzene rings is 2. The highest BCUT2D eigenvalue weighted by molar-refractivity contribution is 5.92. The van der Waals surface area contributed by atoms with Crippen molar-refractivity contribution in [2.45, 2.75) is 6.92 Å². The Morgan fingerprint density at radius 3 is 2.43 bits per heavy atom. The molecule has 0 aromatic heterocycles. The van der Waals surface area contributed by atoms with Gasteiger partial charge in [-0.05, 0) is 19.1 Å². The van der Waals surface area contributed by atoms with E-state index in [1.165, 1.54) is 0 Å². The summed E-state index contributed by atoms with van der Waals surface area (Å²) in [5.74, 6) is -2.63. The summed E-state index contributed by atoms with van der Waals surface area (Å²) in [6.45, 7) is 1.86. The van der Waals surface area contributed by atoms with Crippen molar-refractivity contribution in [3.8, 4) is 11.5 Å². The van der Waals surface area contributed by atoms with Gasteiger partial charge in [0.25, 0.3) is 5.69 Å². The van der Waals surface area contributed by atoms with E-state index in [-0.39, 0.29) is 5.75 Å². The molecule has 0 saturated carbocycles. The zero-order valence-electron chi connectivity index (χ0n) is 10.9. The Balaban J connectivity index is 2.44. The Hall–Kier alpha value is -2.96. The number of hydrogen-bond acceptors (Lipinski definition) is 4. The minimum atomic E-state index is -1.53. The summed E-state index contributed by atoms with van der Waals surface area (Å²) < 4.78 is 19.0. The molecule has 2 aromatic rings. The molecule has 0 heterocycles. The van der Waals surface area contributed by atoms with Gasteiger partial charge in [-0.1, -0.05) is 17.7 Å². The lowest BCUT2D eigenvalue weighted by molar-refractivity contribution is -0.385. The van der Waals surface area contributed by atoms with Crippen molar-refractivity contribution in [1.82, 2.24) is 0 Å². The van der Waals surface area contributed by atoms with Crippen LogP contribution < -0.4 is 4.74 Å². The zero-order valence-corrected chi connectivity index (χ0v) is 10.9. The highest BCUT2D eigenvalue weighted by Gasteiger charge is 2.24. The second kappa shape index (κ2) is 5.58. The number of aromatic carboxylic acids is 1. The van der Waals surface area contributed by atoms with Gasteiger partial charge >= 0.3 is 5.97 Å². The average Bonchev–Trinajstić information content (AvgIpc) is 2.42. The molecule has 108 valence electrons. The van der Waals surface area contributed by atoms with Gasteiger partial charge in [-0.3, -0.25) is 10.1 Å². The average molecular weight is 291 g/mol. The summed E-state index contributed by atoms with van der Waals surface area (Å²) in [6, 6.07) is 7.96. The number of nitrogens with zero attached hydrogens (tertiary/aromatic N) is 1. The molecule has 0 fully saturated rings. The molecule has 1 N–H and O–H groups in total. The van der Waals surface area contributed by atoms with Crippen molar-refractivity contribution < 1.29 is 24.0 Å². The molecule has 6 nitrogen and oxygen atoms in total. The predicted molar refractivity (Wildman–Crippen MR) is 71.3 cm³/mol. The maximum atomic E-state index is 13.8. The van der Waals surface area contributed by atoms with Crippen LogP contribution in [-0.4, -0.2) is 16.0 Å². The Kier molecular flexibility index (Phi) is 3.84. The lowest BCUT2D eigenvalue weighted by Crippen LogP contribution is -2.04. The Labute approximate surface area is 118 Å². The number of ether oxygens (including phenoxy) is 1. The van der Waals surface area contributed by atoms with Crippen LogP contribution in [0.1, 0.15) is 15.9 Å². The standard InChI is InChI=1S/C14H10FNO5/c1-8-2-4-9(5-3-8)21-13-6-10(14(17)18)12(16(19)20)7-11(13)15/h2-7H,1H3,(H,17,18). The third kappa shape index (κ3) is 3.14. The second-order valence-electron chi connectivity index (χ2n) is 4.28. The van der Waals surface area contributed by atoms with E-state index in [0.717, 1.165) is 11.6 Å². The van der Waals surface area contributed by atoms with Gasteiger partial charge in [0.05, 0.1) is 11.0 Å². The number of aryl methyl sites for hydroxylation is 1. The van der Waals surface area contributed by atoms with E-state index in [0.29, 0.717) is 11.8 Å². The summed E-state index contributed by atoms with van der Waals surface area (Å²) in [7, 11) is 0. The van der Waals surface area contributed by atoms with Crippen LogP contribution in [0.4, 0.5) is 10.1 Å². The first kappa shape index (κ1) is 14.4. The normalized spacial score (nSPS) is 10.2. The number of hydrogen-bond donors (Lipinski definition) is 1. The zero-order chi connectivity index (χ0) is 15.6. The molecule has 0 aliphatic heterocycles. The van der Waals surface area contributed by atoms with Gasteiger partial charge in [-0.25, -0.2) is 9.18 Å². The van der Waals surface area contributed by atoms with Crippen molar-refractivity contribution >= 4 is 11.7 Å². The molecule has 0 amide bonds. The van der Waals surface area contributed by atoms with Crippen molar-refractivity contribution in [2.24, 2.45) is 0 Å². The molecular weight excluding hydrogens is 281 g/mol. The number of nitro groups is 1. The summed E-state index contributed by atoms with van der Waals surface area (Å²) in [5, 5.41) is 19.7. The number of nitro benzene ring substituents is 1. The predicted octanol–water partition coefficient (Wildman–Crippen LogP) is 3.53. The summed E-state index contributed by atoms with van der Waals surface area (Å²) in [4.78, 5) is 20.8. The van der Waals surface area contributed by atoms with Crippen LogP contribution in [0.2, 0.25) is 0 Å².